The molecule has 0 spiro atoms. The van der Waals surface area contributed by atoms with Gasteiger partial charge in [-0.25, -0.2) is 9.59 Å². The second-order valence-electron chi connectivity index (χ2n) is 17.7. The highest BCUT2D eigenvalue weighted by atomic mass is 16.6. The lowest BCUT2D eigenvalue weighted by molar-refractivity contribution is -0.178. The lowest BCUT2D eigenvalue weighted by Crippen LogP contribution is -2.38. The summed E-state index contributed by atoms with van der Waals surface area (Å²) in [4.78, 5) is 51.3. The van der Waals surface area contributed by atoms with E-state index in [0.717, 1.165) is 51.4 Å². The van der Waals surface area contributed by atoms with Crippen molar-refractivity contribution in [3.63, 3.8) is 0 Å². The Bertz CT molecular complexity index is 926. The van der Waals surface area contributed by atoms with Gasteiger partial charge in [0.1, 0.15) is 0 Å². The lowest BCUT2D eigenvalue weighted by atomic mass is 9.83. The second kappa shape index (κ2) is 43.8. The van der Waals surface area contributed by atoms with Crippen LogP contribution in [0.25, 0.3) is 0 Å². The van der Waals surface area contributed by atoms with Crippen LogP contribution < -0.4 is 0 Å². The van der Waals surface area contributed by atoms with Crippen LogP contribution in [0.5, 0.6) is 0 Å². The van der Waals surface area contributed by atoms with Crippen LogP contribution >= 0.6 is 0 Å². The average Bonchev–Trinajstić information content (AvgIpc) is 3.24. The van der Waals surface area contributed by atoms with E-state index in [4.69, 9.17) is 9.47 Å². The molecule has 0 saturated heterocycles. The zero-order chi connectivity index (χ0) is 44.3. The average molecular weight is 855 g/mol. The van der Waals surface area contributed by atoms with Crippen molar-refractivity contribution in [2.45, 2.75) is 270 Å². The number of ether oxygens (including phenoxy) is 2. The summed E-state index contributed by atoms with van der Waals surface area (Å²) in [6.07, 6.45) is 40.1. The first-order valence-electron chi connectivity index (χ1n) is 25.3. The molecule has 0 amide bonds. The summed E-state index contributed by atoms with van der Waals surface area (Å²) in [6, 6.07) is 0. The highest BCUT2D eigenvalue weighted by molar-refractivity contribution is 5.94. The minimum absolute atomic E-state index is 0.204. The third-order valence-electron chi connectivity index (χ3n) is 12.1. The molecule has 354 valence electrons. The van der Waals surface area contributed by atoms with E-state index in [9.17, 15) is 39.6 Å². The third-order valence-corrected chi connectivity index (χ3v) is 12.1. The molecule has 4 N–H and O–H groups in total. The number of hydrogen-bond acceptors (Lipinski definition) is 10. The zero-order valence-corrected chi connectivity index (χ0v) is 38.8. The molecule has 0 radical (unpaired) electrons. The van der Waals surface area contributed by atoms with Crippen LogP contribution in [0.4, 0.5) is 0 Å². The number of carbonyl (C=O) groups is 4. The molecule has 0 aliphatic rings. The summed E-state index contributed by atoms with van der Waals surface area (Å²) in [7, 11) is 0. The van der Waals surface area contributed by atoms with E-state index in [-0.39, 0.29) is 12.8 Å². The number of rotatable bonds is 45. The fourth-order valence-electron chi connectivity index (χ4n) is 8.13. The molecule has 0 heterocycles. The van der Waals surface area contributed by atoms with Crippen LogP contribution in [-0.4, -0.2) is 69.7 Å². The predicted molar refractivity (Wildman–Crippen MR) is 242 cm³/mol. The van der Waals surface area contributed by atoms with Gasteiger partial charge in [-0.2, -0.15) is 0 Å². The van der Waals surface area contributed by atoms with Crippen molar-refractivity contribution in [2.75, 3.05) is 13.2 Å². The summed E-state index contributed by atoms with van der Waals surface area (Å²) in [5.74, 6) is -6.90. The summed E-state index contributed by atoms with van der Waals surface area (Å²) in [6.45, 7) is 2.67. The van der Waals surface area contributed by atoms with Gasteiger partial charge in [0.05, 0.1) is 25.0 Å². The van der Waals surface area contributed by atoms with E-state index in [1.54, 1.807) is 0 Å². The van der Waals surface area contributed by atoms with Crippen molar-refractivity contribution in [3.8, 4) is 0 Å². The SMILES string of the molecule is CCCCCCCCCCCCCCCCCCCCC(C(=O)OC(=O)C(O)CO)C(CCCCCCCCCCCCCCCCCCCC)C(=O)OC(=O)C(O)CO. The van der Waals surface area contributed by atoms with E-state index in [1.165, 1.54) is 167 Å². The van der Waals surface area contributed by atoms with Gasteiger partial charge in [-0.15, -0.1) is 0 Å². The molecule has 10 heteroatoms. The molecule has 0 rings (SSSR count). The van der Waals surface area contributed by atoms with Crippen molar-refractivity contribution in [1.82, 2.24) is 0 Å². The summed E-state index contributed by atoms with van der Waals surface area (Å²) < 4.78 is 9.86. The maximum atomic E-state index is 13.4. The van der Waals surface area contributed by atoms with Crippen LogP contribution in [0, 0.1) is 11.8 Å². The number of unbranched alkanes of at least 4 members (excludes halogenated alkanes) is 34. The van der Waals surface area contributed by atoms with E-state index in [0.29, 0.717) is 12.8 Å². The topological polar surface area (TPSA) is 168 Å². The normalized spacial score (nSPS) is 13.5. The first kappa shape index (κ1) is 58.1. The highest BCUT2D eigenvalue weighted by Gasteiger charge is 2.38. The molecular formula is C50H94O10. The van der Waals surface area contributed by atoms with E-state index >= 15 is 0 Å². The number of hydrogen-bond donors (Lipinski definition) is 4. The smallest absolute Gasteiger partial charge is 0.345 e. The van der Waals surface area contributed by atoms with Gasteiger partial charge < -0.3 is 29.9 Å². The Morgan fingerprint density at radius 3 is 0.683 bits per heavy atom. The van der Waals surface area contributed by atoms with Gasteiger partial charge in [-0.05, 0) is 12.8 Å². The molecule has 60 heavy (non-hydrogen) atoms. The van der Waals surface area contributed by atoms with Crippen molar-refractivity contribution >= 4 is 23.9 Å². The minimum atomic E-state index is -1.90. The summed E-state index contributed by atoms with van der Waals surface area (Å²) in [5.41, 5.74) is 0. The first-order chi connectivity index (χ1) is 29.2. The van der Waals surface area contributed by atoms with Crippen molar-refractivity contribution in [2.24, 2.45) is 11.8 Å². The molecule has 0 aliphatic heterocycles. The van der Waals surface area contributed by atoms with Crippen molar-refractivity contribution in [1.29, 1.82) is 0 Å². The molecule has 0 aromatic carbocycles. The molecule has 0 aromatic rings. The van der Waals surface area contributed by atoms with Crippen LogP contribution in [0.2, 0.25) is 0 Å². The van der Waals surface area contributed by atoms with E-state index < -0.39 is 61.1 Å². The monoisotopic (exact) mass is 855 g/mol. The Morgan fingerprint density at radius 2 is 0.500 bits per heavy atom. The molecule has 0 aliphatic carbocycles. The van der Waals surface area contributed by atoms with Crippen molar-refractivity contribution in [3.05, 3.63) is 0 Å². The fraction of sp³-hybridized carbons (Fsp3) is 0.920. The summed E-state index contributed by atoms with van der Waals surface area (Å²) in [5, 5.41) is 37.9. The molecule has 4 unspecified atom stereocenters. The van der Waals surface area contributed by atoms with Gasteiger partial charge in [0.15, 0.2) is 12.2 Å². The maximum Gasteiger partial charge on any atom is 0.345 e. The van der Waals surface area contributed by atoms with E-state index in [2.05, 4.69) is 13.8 Å². The molecule has 4 atom stereocenters. The maximum absolute atomic E-state index is 13.4. The Morgan fingerprint density at radius 1 is 0.317 bits per heavy atom. The van der Waals surface area contributed by atoms with Crippen molar-refractivity contribution < 1.29 is 49.1 Å². The van der Waals surface area contributed by atoms with Gasteiger partial charge in [0.2, 0.25) is 0 Å². The number of carbonyl (C=O) groups excluding carboxylic acids is 4. The van der Waals surface area contributed by atoms with Gasteiger partial charge in [-0.3, -0.25) is 9.59 Å². The second-order valence-corrected chi connectivity index (χ2v) is 17.7. The molecular weight excluding hydrogens is 761 g/mol. The zero-order valence-electron chi connectivity index (χ0n) is 38.8. The molecule has 0 bridgehead atoms. The Hall–Kier alpha value is -1.88. The summed E-state index contributed by atoms with van der Waals surface area (Å²) >= 11 is 0. The first-order valence-corrected chi connectivity index (χ1v) is 25.3. The number of esters is 4. The number of aliphatic hydroxyl groups is 4. The van der Waals surface area contributed by atoms with Crippen LogP contribution in [0.15, 0.2) is 0 Å². The quantitative estimate of drug-likeness (QED) is 0.0263. The van der Waals surface area contributed by atoms with Gasteiger partial charge in [0.25, 0.3) is 0 Å². The Kier molecular flexibility index (Phi) is 42.4. The van der Waals surface area contributed by atoms with E-state index in [1.807, 2.05) is 0 Å². The standard InChI is InChI=1S/C50H94O10/c1-3-5-7-9-11-13-15-17-19-21-23-25-27-29-31-33-35-37-39-43(47(55)59-49(57)45(53)41-51)44(48(56)60-50(58)46(54)42-52)40-38-36-34-32-30-28-26-24-22-20-18-16-14-12-10-8-6-4-2/h43-46,51-54H,3-42H2,1-2H3. The largest absolute Gasteiger partial charge is 0.393 e. The minimum Gasteiger partial charge on any atom is -0.393 e. The molecule has 0 aromatic heterocycles. The molecule has 0 fully saturated rings. The number of aliphatic hydroxyl groups excluding tert-OH is 4. The Balaban J connectivity index is 4.81. The predicted octanol–water partition coefficient (Wildman–Crippen LogP) is 11.9. The highest BCUT2D eigenvalue weighted by Crippen LogP contribution is 2.29. The molecule has 0 saturated carbocycles. The van der Waals surface area contributed by atoms with Crippen LogP contribution in [0.3, 0.4) is 0 Å². The van der Waals surface area contributed by atoms with Crippen LogP contribution in [-0.2, 0) is 28.7 Å². The third kappa shape index (κ3) is 34.7. The molecule has 10 nitrogen and oxygen atoms in total. The van der Waals surface area contributed by atoms with Crippen LogP contribution in [0.1, 0.15) is 258 Å². The fourth-order valence-corrected chi connectivity index (χ4v) is 8.13. The van der Waals surface area contributed by atoms with Gasteiger partial charge in [0, 0.05) is 0 Å². The Labute approximate surface area is 367 Å². The lowest BCUT2D eigenvalue weighted by Gasteiger charge is -2.24. The van der Waals surface area contributed by atoms with Gasteiger partial charge in [-0.1, -0.05) is 245 Å². The van der Waals surface area contributed by atoms with Gasteiger partial charge >= 0.3 is 23.9 Å².